The maximum atomic E-state index is 6.01. The van der Waals surface area contributed by atoms with Gasteiger partial charge in [-0.15, -0.1) is 0 Å². The van der Waals surface area contributed by atoms with Crippen molar-refractivity contribution in [2.75, 3.05) is 53.0 Å². The molecular weight excluding hydrogens is 328 g/mol. The lowest BCUT2D eigenvalue weighted by molar-refractivity contribution is 0.0194. The number of rotatable bonds is 5. The number of morpholine rings is 1. The van der Waals surface area contributed by atoms with Crippen LogP contribution in [-0.4, -0.2) is 80.9 Å². The minimum absolute atomic E-state index is 0.0752. The van der Waals surface area contributed by atoms with E-state index >= 15 is 0 Å². The number of guanidine groups is 1. The van der Waals surface area contributed by atoms with Crippen LogP contribution in [0, 0.1) is 6.92 Å². The van der Waals surface area contributed by atoms with E-state index in [9.17, 15) is 0 Å². The van der Waals surface area contributed by atoms with Crippen LogP contribution in [0.5, 0.6) is 5.75 Å². The van der Waals surface area contributed by atoms with Crippen LogP contribution in [0.25, 0.3) is 0 Å². The van der Waals surface area contributed by atoms with Crippen LogP contribution in [0.15, 0.2) is 29.3 Å². The molecule has 2 aliphatic heterocycles. The molecule has 2 unspecified atom stereocenters. The van der Waals surface area contributed by atoms with Gasteiger partial charge in [0, 0.05) is 39.3 Å². The molecule has 6 nitrogen and oxygen atoms in total. The third kappa shape index (κ3) is 5.11. The predicted octanol–water partition coefficient (Wildman–Crippen LogP) is 1.74. The second kappa shape index (κ2) is 9.24. The number of aryl methyl sites for hydroxylation is 1. The smallest absolute Gasteiger partial charge is 0.193 e. The Labute approximate surface area is 157 Å². The molecule has 1 aromatic carbocycles. The topological polar surface area (TPSA) is 49.3 Å². The minimum Gasteiger partial charge on any atom is -0.489 e. The average molecular weight is 361 g/mol. The summed E-state index contributed by atoms with van der Waals surface area (Å²) >= 11 is 0. The van der Waals surface area contributed by atoms with E-state index in [4.69, 9.17) is 9.47 Å². The fraction of sp³-hybridized carbons (Fsp3) is 0.650. The lowest BCUT2D eigenvalue weighted by Gasteiger charge is -2.32. The first-order chi connectivity index (χ1) is 12.7. The van der Waals surface area contributed by atoms with Gasteiger partial charge in [-0.1, -0.05) is 12.1 Å². The van der Waals surface area contributed by atoms with Gasteiger partial charge in [-0.25, -0.2) is 0 Å². The number of benzene rings is 1. The highest BCUT2D eigenvalue weighted by Crippen LogP contribution is 2.17. The van der Waals surface area contributed by atoms with Gasteiger partial charge in [0.25, 0.3) is 0 Å². The van der Waals surface area contributed by atoms with E-state index in [0.29, 0.717) is 6.04 Å². The van der Waals surface area contributed by atoms with Crippen LogP contribution < -0.4 is 10.1 Å². The zero-order chi connectivity index (χ0) is 18.4. The van der Waals surface area contributed by atoms with Crippen molar-refractivity contribution in [1.82, 2.24) is 15.1 Å². The largest absolute Gasteiger partial charge is 0.489 e. The molecule has 2 fully saturated rings. The van der Waals surface area contributed by atoms with Crippen molar-refractivity contribution in [3.05, 3.63) is 29.8 Å². The Morgan fingerprint density at radius 3 is 2.88 bits per heavy atom. The molecule has 1 aromatic rings. The molecule has 0 bridgehead atoms. The molecule has 2 atom stereocenters. The fourth-order valence-corrected chi connectivity index (χ4v) is 3.70. The molecule has 0 radical (unpaired) electrons. The van der Waals surface area contributed by atoms with E-state index in [1.807, 2.05) is 19.2 Å². The Hall–Kier alpha value is -1.79. The molecule has 2 aliphatic rings. The standard InChI is InChI=1S/C20H32N4O2/c1-16-5-4-6-19(13-16)26-17(2)14-22-20(21-3)24-8-7-18(15-24)23-9-11-25-12-10-23/h4-6,13,17-18H,7-12,14-15H2,1-3H3,(H,21,22). The van der Waals surface area contributed by atoms with E-state index < -0.39 is 0 Å². The van der Waals surface area contributed by atoms with E-state index in [1.54, 1.807) is 0 Å². The zero-order valence-electron chi connectivity index (χ0n) is 16.3. The van der Waals surface area contributed by atoms with E-state index in [1.165, 1.54) is 12.0 Å². The van der Waals surface area contributed by atoms with Crippen molar-refractivity contribution in [3.8, 4) is 5.75 Å². The Bertz CT molecular complexity index is 601. The number of hydrogen-bond donors (Lipinski definition) is 1. The Kier molecular flexibility index (Phi) is 6.74. The molecule has 0 amide bonds. The van der Waals surface area contributed by atoms with Gasteiger partial charge in [-0.05, 0) is 38.0 Å². The second-order valence-corrected chi connectivity index (χ2v) is 7.21. The summed E-state index contributed by atoms with van der Waals surface area (Å²) in [6.45, 7) is 10.8. The van der Waals surface area contributed by atoms with Gasteiger partial charge in [0.1, 0.15) is 11.9 Å². The summed E-state index contributed by atoms with van der Waals surface area (Å²) in [5.74, 6) is 1.89. The van der Waals surface area contributed by atoms with E-state index in [0.717, 1.165) is 57.6 Å². The van der Waals surface area contributed by atoms with Gasteiger partial charge >= 0.3 is 0 Å². The molecule has 6 heteroatoms. The molecule has 144 valence electrons. The molecule has 26 heavy (non-hydrogen) atoms. The van der Waals surface area contributed by atoms with Crippen molar-refractivity contribution in [1.29, 1.82) is 0 Å². The first-order valence-electron chi connectivity index (χ1n) is 9.66. The highest BCUT2D eigenvalue weighted by atomic mass is 16.5. The van der Waals surface area contributed by atoms with Crippen LogP contribution in [0.3, 0.4) is 0 Å². The van der Waals surface area contributed by atoms with Crippen molar-refractivity contribution < 1.29 is 9.47 Å². The van der Waals surface area contributed by atoms with Crippen LogP contribution in [-0.2, 0) is 4.74 Å². The van der Waals surface area contributed by atoms with Crippen molar-refractivity contribution in [2.24, 2.45) is 4.99 Å². The summed E-state index contributed by atoms with van der Waals surface area (Å²) in [6, 6.07) is 8.79. The number of likely N-dealkylation sites (tertiary alicyclic amines) is 1. The summed E-state index contributed by atoms with van der Waals surface area (Å²) in [6.07, 6.45) is 1.27. The quantitative estimate of drug-likeness (QED) is 0.640. The van der Waals surface area contributed by atoms with Crippen LogP contribution in [0.1, 0.15) is 18.9 Å². The molecule has 1 N–H and O–H groups in total. The summed E-state index contributed by atoms with van der Waals surface area (Å²) < 4.78 is 11.5. The predicted molar refractivity (Wildman–Crippen MR) is 105 cm³/mol. The summed E-state index contributed by atoms with van der Waals surface area (Å²) in [4.78, 5) is 9.39. The van der Waals surface area contributed by atoms with E-state index in [-0.39, 0.29) is 6.10 Å². The van der Waals surface area contributed by atoms with Crippen LogP contribution in [0.2, 0.25) is 0 Å². The van der Waals surface area contributed by atoms with Gasteiger partial charge < -0.3 is 19.7 Å². The molecule has 2 heterocycles. The van der Waals surface area contributed by atoms with Crippen LogP contribution in [0.4, 0.5) is 0 Å². The van der Waals surface area contributed by atoms with Crippen molar-refractivity contribution >= 4 is 5.96 Å². The Morgan fingerprint density at radius 2 is 2.15 bits per heavy atom. The first kappa shape index (κ1) is 19.0. The maximum Gasteiger partial charge on any atom is 0.193 e. The van der Waals surface area contributed by atoms with Gasteiger partial charge in [-0.3, -0.25) is 9.89 Å². The molecule has 0 saturated carbocycles. The van der Waals surface area contributed by atoms with E-state index in [2.05, 4.69) is 46.1 Å². The third-order valence-electron chi connectivity index (χ3n) is 5.11. The van der Waals surface area contributed by atoms with Gasteiger partial charge in [0.15, 0.2) is 5.96 Å². The second-order valence-electron chi connectivity index (χ2n) is 7.21. The summed E-state index contributed by atoms with van der Waals surface area (Å²) in [5, 5.41) is 3.48. The number of aliphatic imine (C=N–C) groups is 1. The number of nitrogens with one attached hydrogen (secondary N) is 1. The maximum absolute atomic E-state index is 6.01. The lowest BCUT2D eigenvalue weighted by atomic mass is 10.2. The minimum atomic E-state index is 0.0752. The SMILES string of the molecule is CN=C(NCC(C)Oc1cccc(C)c1)N1CCC(N2CCOCC2)C1. The summed E-state index contributed by atoms with van der Waals surface area (Å²) in [5.41, 5.74) is 1.21. The average Bonchev–Trinajstić information content (AvgIpc) is 3.13. The third-order valence-corrected chi connectivity index (χ3v) is 5.11. The molecular formula is C20H32N4O2. The fourth-order valence-electron chi connectivity index (χ4n) is 3.70. The van der Waals surface area contributed by atoms with Gasteiger partial charge in [0.2, 0.25) is 0 Å². The number of ether oxygens (including phenoxy) is 2. The van der Waals surface area contributed by atoms with Crippen molar-refractivity contribution in [3.63, 3.8) is 0 Å². The monoisotopic (exact) mass is 360 g/mol. The zero-order valence-corrected chi connectivity index (χ0v) is 16.3. The van der Waals surface area contributed by atoms with Gasteiger partial charge in [-0.2, -0.15) is 0 Å². The summed E-state index contributed by atoms with van der Waals surface area (Å²) in [7, 11) is 1.86. The Morgan fingerprint density at radius 1 is 1.35 bits per heavy atom. The highest BCUT2D eigenvalue weighted by Gasteiger charge is 2.30. The number of hydrogen-bond acceptors (Lipinski definition) is 4. The normalized spacial score (nSPS) is 23.1. The lowest BCUT2D eigenvalue weighted by Crippen LogP contribution is -2.47. The highest BCUT2D eigenvalue weighted by molar-refractivity contribution is 5.80. The number of nitrogens with zero attached hydrogens (tertiary/aromatic N) is 3. The molecule has 0 aromatic heterocycles. The Balaban J connectivity index is 1.45. The molecule has 2 saturated heterocycles. The van der Waals surface area contributed by atoms with Gasteiger partial charge in [0.05, 0.1) is 19.8 Å². The van der Waals surface area contributed by atoms with Crippen molar-refractivity contribution in [2.45, 2.75) is 32.4 Å². The molecule has 0 aliphatic carbocycles. The first-order valence-corrected chi connectivity index (χ1v) is 9.66. The van der Waals surface area contributed by atoms with Crippen LogP contribution >= 0.6 is 0 Å². The molecule has 3 rings (SSSR count). The molecule has 0 spiro atoms.